The van der Waals surface area contributed by atoms with Crippen LogP contribution in [0, 0.1) is 0 Å². The van der Waals surface area contributed by atoms with E-state index in [0.29, 0.717) is 0 Å². The molecule has 2 aliphatic heterocycles. The second kappa shape index (κ2) is 5.97. The molecule has 4 rings (SSSR count). The molecule has 7 heteroatoms. The van der Waals surface area contributed by atoms with Crippen LogP contribution in [0.5, 0.6) is 0 Å². The molecule has 0 aromatic carbocycles. The van der Waals surface area contributed by atoms with E-state index < -0.39 is 17.8 Å². The number of carbonyl (C=O) groups excluding carboxylic acids is 3. The minimum atomic E-state index is -0.650. The Labute approximate surface area is 145 Å². The van der Waals surface area contributed by atoms with Crippen molar-refractivity contribution in [3.05, 3.63) is 21.9 Å². The minimum Gasteiger partial charge on any atom is -0.311 e. The fraction of sp³-hybridized carbons (Fsp3) is 0.588. The smallest absolute Gasteiger partial charge is 0.311 e. The van der Waals surface area contributed by atoms with Crippen molar-refractivity contribution in [3.63, 3.8) is 0 Å². The lowest BCUT2D eigenvalue weighted by Crippen LogP contribution is -3.14. The highest BCUT2D eigenvalue weighted by Gasteiger charge is 2.50. The number of quaternary nitrogens is 1. The Hall–Kier alpha value is -1.73. The zero-order valence-corrected chi connectivity index (χ0v) is 14.6. The van der Waals surface area contributed by atoms with Crippen LogP contribution in [0.3, 0.4) is 0 Å². The fourth-order valence-corrected chi connectivity index (χ4v) is 5.20. The van der Waals surface area contributed by atoms with Crippen molar-refractivity contribution >= 4 is 29.2 Å². The molecule has 3 aliphatic rings. The van der Waals surface area contributed by atoms with Crippen molar-refractivity contribution in [3.8, 4) is 0 Å². The summed E-state index contributed by atoms with van der Waals surface area (Å²) >= 11 is 1.77. The van der Waals surface area contributed by atoms with Gasteiger partial charge in [-0.2, -0.15) is 0 Å². The van der Waals surface area contributed by atoms with E-state index in [1.54, 1.807) is 11.3 Å². The molecule has 1 unspecified atom stereocenters. The van der Waals surface area contributed by atoms with Crippen molar-refractivity contribution in [2.24, 2.45) is 0 Å². The maximum atomic E-state index is 12.7. The van der Waals surface area contributed by atoms with Gasteiger partial charge in [0.2, 0.25) is 0 Å². The molecule has 1 N–H and O–H groups in total. The molecule has 0 spiro atoms. The van der Waals surface area contributed by atoms with E-state index in [1.165, 1.54) is 25.1 Å². The van der Waals surface area contributed by atoms with E-state index in [-0.39, 0.29) is 18.8 Å². The molecule has 1 aromatic rings. The van der Waals surface area contributed by atoms with Crippen LogP contribution in [-0.2, 0) is 16.0 Å². The first-order chi connectivity index (χ1) is 11.6. The normalized spacial score (nSPS) is 28.1. The summed E-state index contributed by atoms with van der Waals surface area (Å²) in [6, 6.07) is 1.87. The van der Waals surface area contributed by atoms with Crippen molar-refractivity contribution in [1.82, 2.24) is 9.80 Å². The fourth-order valence-electron chi connectivity index (χ4n) is 4.22. The second-order valence-electron chi connectivity index (χ2n) is 6.97. The zero-order valence-electron chi connectivity index (χ0n) is 13.8. The van der Waals surface area contributed by atoms with Gasteiger partial charge in [0.15, 0.2) is 6.67 Å². The lowest BCUT2D eigenvalue weighted by atomic mass is 10.0. The van der Waals surface area contributed by atoms with Crippen molar-refractivity contribution in [2.45, 2.75) is 51.1 Å². The van der Waals surface area contributed by atoms with Crippen molar-refractivity contribution < 1.29 is 19.3 Å². The number of urea groups is 1. The number of hydrogen-bond donors (Lipinski definition) is 1. The minimum absolute atomic E-state index is 0.0868. The van der Waals surface area contributed by atoms with Crippen LogP contribution in [0.2, 0.25) is 0 Å². The lowest BCUT2D eigenvalue weighted by Gasteiger charge is -2.32. The molecular formula is C17H22N3O3S+. The van der Waals surface area contributed by atoms with Gasteiger partial charge in [0.25, 0.3) is 0 Å². The van der Waals surface area contributed by atoms with Crippen molar-refractivity contribution in [1.29, 1.82) is 0 Å². The van der Waals surface area contributed by atoms with Crippen LogP contribution in [0.4, 0.5) is 4.79 Å². The first kappa shape index (κ1) is 15.8. The van der Waals surface area contributed by atoms with Gasteiger partial charge in [-0.25, -0.2) is 9.69 Å². The number of imide groups is 2. The van der Waals surface area contributed by atoms with Gasteiger partial charge in [-0.15, -0.1) is 11.3 Å². The van der Waals surface area contributed by atoms with Crippen LogP contribution in [0.25, 0.3) is 0 Å². The Kier molecular flexibility index (Phi) is 3.92. The summed E-state index contributed by atoms with van der Waals surface area (Å²) in [6.45, 7) is 3.29. The summed E-state index contributed by atoms with van der Waals surface area (Å²) in [6.07, 6.45) is 4.65. The predicted octanol–water partition coefficient (Wildman–Crippen LogP) is 0.941. The zero-order chi connectivity index (χ0) is 16.8. The number of fused-ring (bicyclic) bond motifs is 1. The quantitative estimate of drug-likeness (QED) is 0.653. The van der Waals surface area contributed by atoms with Crippen LogP contribution in [0.15, 0.2) is 11.4 Å². The number of nitrogens with one attached hydrogen (secondary N) is 1. The Morgan fingerprint density at radius 2 is 1.96 bits per heavy atom. The van der Waals surface area contributed by atoms with Crippen LogP contribution in [0.1, 0.15) is 49.1 Å². The second-order valence-corrected chi connectivity index (χ2v) is 7.97. The number of rotatable bonds is 3. The molecular weight excluding hydrogens is 326 g/mol. The maximum absolute atomic E-state index is 12.7. The van der Waals surface area contributed by atoms with Gasteiger partial charge in [0.1, 0.15) is 6.04 Å². The number of hydrogen-bond acceptors (Lipinski definition) is 4. The van der Waals surface area contributed by atoms with Gasteiger partial charge in [-0.05, 0) is 31.2 Å². The third-order valence-corrected chi connectivity index (χ3v) is 6.66. The van der Waals surface area contributed by atoms with Gasteiger partial charge in [-0.3, -0.25) is 14.5 Å². The first-order valence-electron chi connectivity index (χ1n) is 8.67. The Balaban J connectivity index is 1.51. The van der Waals surface area contributed by atoms with E-state index in [0.717, 1.165) is 38.6 Å². The van der Waals surface area contributed by atoms with E-state index in [4.69, 9.17) is 0 Å². The van der Waals surface area contributed by atoms with Crippen LogP contribution < -0.4 is 4.90 Å². The van der Waals surface area contributed by atoms with Gasteiger partial charge in [0.05, 0.1) is 6.54 Å². The summed E-state index contributed by atoms with van der Waals surface area (Å²) < 4.78 is 0. The van der Waals surface area contributed by atoms with E-state index in [1.807, 2.05) is 0 Å². The van der Waals surface area contributed by atoms with Crippen molar-refractivity contribution in [2.75, 3.05) is 13.2 Å². The van der Waals surface area contributed by atoms with E-state index in [9.17, 15) is 14.4 Å². The Morgan fingerprint density at radius 3 is 2.71 bits per heavy atom. The summed E-state index contributed by atoms with van der Waals surface area (Å²) in [5.74, 6) is -1.28. The molecule has 6 nitrogen and oxygen atoms in total. The van der Waals surface area contributed by atoms with E-state index >= 15 is 0 Å². The van der Waals surface area contributed by atoms with Gasteiger partial charge in [0, 0.05) is 22.9 Å². The molecule has 24 heavy (non-hydrogen) atoms. The monoisotopic (exact) mass is 348 g/mol. The molecule has 1 aliphatic carbocycles. The topological polar surface area (TPSA) is 62.1 Å². The summed E-state index contributed by atoms with van der Waals surface area (Å²) in [5.41, 5.74) is 1.30. The van der Waals surface area contributed by atoms with Gasteiger partial charge >= 0.3 is 17.8 Å². The SMILES string of the molecule is C[C@H]1c2ccsc2CC[NH+]1CN1C(=O)C(=O)N(C2CCCC2)C1=O. The van der Waals surface area contributed by atoms with Gasteiger partial charge in [-0.1, -0.05) is 12.8 Å². The average molecular weight is 348 g/mol. The molecule has 1 saturated heterocycles. The van der Waals surface area contributed by atoms with Gasteiger partial charge < -0.3 is 4.90 Å². The summed E-state index contributed by atoms with van der Waals surface area (Å²) in [5, 5.41) is 2.10. The molecule has 128 valence electrons. The summed E-state index contributed by atoms with van der Waals surface area (Å²) in [4.78, 5) is 42.3. The summed E-state index contributed by atoms with van der Waals surface area (Å²) in [7, 11) is 0. The number of nitrogens with zero attached hydrogens (tertiary/aromatic N) is 2. The number of carbonyl (C=O) groups is 3. The highest BCUT2D eigenvalue weighted by atomic mass is 32.1. The number of thiophene rings is 1. The standard InChI is InChI=1S/C17H21N3O3S/c1-11-13-7-9-24-14(13)6-8-18(11)10-19-15(21)16(22)20(17(19)23)12-4-2-3-5-12/h7,9,11-12H,2-6,8,10H2,1H3/p+1/t11-/m0/s1. The lowest BCUT2D eigenvalue weighted by molar-refractivity contribution is -0.938. The molecule has 1 aromatic heterocycles. The molecule has 2 fully saturated rings. The predicted molar refractivity (Wildman–Crippen MR) is 88.5 cm³/mol. The third kappa shape index (κ3) is 2.38. The molecule has 0 radical (unpaired) electrons. The molecule has 4 amide bonds. The Bertz CT molecular complexity index is 695. The molecule has 3 heterocycles. The number of amides is 4. The first-order valence-corrected chi connectivity index (χ1v) is 9.55. The maximum Gasteiger partial charge on any atom is 0.338 e. The Morgan fingerprint density at radius 1 is 1.21 bits per heavy atom. The van der Waals surface area contributed by atoms with Crippen LogP contribution in [-0.4, -0.2) is 46.9 Å². The highest BCUT2D eigenvalue weighted by molar-refractivity contribution is 7.10. The molecule has 1 saturated carbocycles. The van der Waals surface area contributed by atoms with Crippen LogP contribution >= 0.6 is 11.3 Å². The van der Waals surface area contributed by atoms with E-state index in [2.05, 4.69) is 18.4 Å². The highest BCUT2D eigenvalue weighted by Crippen LogP contribution is 2.28. The third-order valence-electron chi connectivity index (χ3n) is 5.67. The molecule has 2 atom stereocenters. The molecule has 0 bridgehead atoms. The largest absolute Gasteiger partial charge is 0.338 e. The average Bonchev–Trinajstić information content (AvgIpc) is 3.28.